The number of carbonyl (C=O) groups is 2. The minimum absolute atomic E-state index is 0.154. The topological polar surface area (TPSA) is 137 Å². The van der Waals surface area contributed by atoms with E-state index in [9.17, 15) is 14.7 Å². The number of nitrogens with two attached hydrogens (primary N) is 2. The van der Waals surface area contributed by atoms with Gasteiger partial charge in [-0.25, -0.2) is 5.84 Å². The van der Waals surface area contributed by atoms with E-state index in [1.807, 2.05) is 0 Å². The maximum absolute atomic E-state index is 12.8. The summed E-state index contributed by atoms with van der Waals surface area (Å²) in [6, 6.07) is 4.41. The summed E-state index contributed by atoms with van der Waals surface area (Å²) in [5.74, 6) is 10.3. The van der Waals surface area contributed by atoms with Crippen LogP contribution in [0.4, 0.5) is 5.69 Å². The highest BCUT2D eigenvalue weighted by Crippen LogP contribution is 2.26. The molecule has 1 saturated heterocycles. The Labute approximate surface area is 175 Å². The molecule has 0 bridgehead atoms. The highest BCUT2D eigenvalue weighted by molar-refractivity contribution is 6.30. The number of rotatable bonds is 6. The van der Waals surface area contributed by atoms with Crippen LogP contribution in [0.3, 0.4) is 0 Å². The maximum Gasteiger partial charge on any atom is 0.252 e. The standard InChI is InChI=1S/C19H29ClN6O3/c1-19(2,3)16(27)18(29)25-8-4-5-15(25)17(28)23-10-12-9-13(20)6-7-14(12)26(22)11-24-21/h6-7,9,11,15-16,27H,4-5,8,10,21-22H2,1-3H3,(H,23,28)/b24-11-. The van der Waals surface area contributed by atoms with Crippen LogP contribution in [0.2, 0.25) is 5.02 Å². The molecule has 0 aliphatic carbocycles. The van der Waals surface area contributed by atoms with Crippen molar-refractivity contribution in [3.05, 3.63) is 28.8 Å². The predicted molar refractivity (Wildman–Crippen MR) is 113 cm³/mol. The normalized spacial score (nSPS) is 18.1. The molecule has 9 nitrogen and oxygen atoms in total. The van der Waals surface area contributed by atoms with Gasteiger partial charge >= 0.3 is 0 Å². The van der Waals surface area contributed by atoms with Gasteiger partial charge in [0.1, 0.15) is 18.5 Å². The minimum Gasteiger partial charge on any atom is -0.383 e. The van der Waals surface area contributed by atoms with E-state index in [-0.39, 0.29) is 12.5 Å². The summed E-state index contributed by atoms with van der Waals surface area (Å²) < 4.78 is 0. The Balaban J connectivity index is 2.11. The van der Waals surface area contributed by atoms with Crippen molar-refractivity contribution in [1.29, 1.82) is 0 Å². The van der Waals surface area contributed by atoms with E-state index in [4.69, 9.17) is 23.3 Å². The Morgan fingerprint density at radius 2 is 2.17 bits per heavy atom. The number of halogens is 1. The first-order chi connectivity index (χ1) is 13.6. The number of aliphatic hydroxyl groups excluding tert-OH is 1. The second-order valence-corrected chi connectivity index (χ2v) is 8.56. The zero-order valence-corrected chi connectivity index (χ0v) is 17.7. The molecule has 1 aliphatic rings. The molecule has 2 atom stereocenters. The van der Waals surface area contributed by atoms with E-state index >= 15 is 0 Å². The van der Waals surface area contributed by atoms with Gasteiger partial charge in [-0.1, -0.05) is 32.4 Å². The van der Waals surface area contributed by atoms with Gasteiger partial charge in [0.05, 0.1) is 5.69 Å². The first-order valence-corrected chi connectivity index (χ1v) is 9.76. The number of nitrogens with one attached hydrogen (secondary N) is 1. The molecule has 10 heteroatoms. The number of benzene rings is 1. The van der Waals surface area contributed by atoms with Crippen molar-refractivity contribution in [2.45, 2.75) is 52.3 Å². The lowest BCUT2D eigenvalue weighted by molar-refractivity contribution is -0.149. The zero-order valence-electron chi connectivity index (χ0n) is 16.9. The van der Waals surface area contributed by atoms with Crippen LogP contribution >= 0.6 is 11.6 Å². The fourth-order valence-corrected chi connectivity index (χ4v) is 3.41. The van der Waals surface area contributed by atoms with Crippen molar-refractivity contribution >= 4 is 35.4 Å². The number of amides is 2. The monoisotopic (exact) mass is 424 g/mol. The molecular weight excluding hydrogens is 396 g/mol. The number of hydrazone groups is 1. The highest BCUT2D eigenvalue weighted by atomic mass is 35.5. The molecule has 0 aromatic heterocycles. The molecule has 0 radical (unpaired) electrons. The van der Waals surface area contributed by atoms with Gasteiger partial charge in [0.15, 0.2) is 0 Å². The van der Waals surface area contributed by atoms with E-state index < -0.39 is 23.5 Å². The Morgan fingerprint density at radius 1 is 1.48 bits per heavy atom. The Hall–Kier alpha value is -2.36. The van der Waals surface area contributed by atoms with Gasteiger partial charge in [0.25, 0.3) is 5.91 Å². The molecule has 29 heavy (non-hydrogen) atoms. The van der Waals surface area contributed by atoms with E-state index in [1.54, 1.807) is 39.0 Å². The van der Waals surface area contributed by atoms with Crippen LogP contribution in [-0.4, -0.2) is 46.8 Å². The van der Waals surface area contributed by atoms with E-state index in [1.165, 1.54) is 16.2 Å². The predicted octanol–water partition coefficient (Wildman–Crippen LogP) is 0.936. The lowest BCUT2D eigenvalue weighted by Gasteiger charge is -2.31. The minimum atomic E-state index is -1.17. The molecule has 2 rings (SSSR count). The number of anilines is 1. The third-order valence-electron chi connectivity index (χ3n) is 4.86. The van der Waals surface area contributed by atoms with Gasteiger partial charge in [-0.3, -0.25) is 14.6 Å². The second-order valence-electron chi connectivity index (χ2n) is 8.12. The van der Waals surface area contributed by atoms with Crippen molar-refractivity contribution in [2.75, 3.05) is 11.6 Å². The first kappa shape index (κ1) is 22.9. The van der Waals surface area contributed by atoms with Crippen LogP contribution in [0.25, 0.3) is 0 Å². The average molecular weight is 425 g/mol. The fourth-order valence-electron chi connectivity index (χ4n) is 3.21. The summed E-state index contributed by atoms with van der Waals surface area (Å²) in [5, 5.41) is 18.3. The third kappa shape index (κ3) is 5.59. The van der Waals surface area contributed by atoms with Crippen molar-refractivity contribution in [1.82, 2.24) is 10.2 Å². The lowest BCUT2D eigenvalue weighted by atomic mass is 9.88. The SMILES string of the molecule is CC(C)(C)C(O)C(=O)N1CCCC1C(=O)NCc1cc(Cl)ccc1N(N)/C=N\N. The van der Waals surface area contributed by atoms with E-state index in [0.717, 1.165) is 0 Å². The number of carbonyl (C=O) groups excluding carboxylic acids is 2. The molecule has 1 heterocycles. The molecule has 0 saturated carbocycles. The van der Waals surface area contributed by atoms with E-state index in [2.05, 4.69) is 10.4 Å². The maximum atomic E-state index is 12.8. The van der Waals surface area contributed by atoms with Crippen LogP contribution in [0.1, 0.15) is 39.2 Å². The average Bonchev–Trinajstić information content (AvgIpc) is 3.14. The molecule has 1 aromatic carbocycles. The van der Waals surface area contributed by atoms with Gasteiger partial charge in [0.2, 0.25) is 5.91 Å². The molecule has 2 unspecified atom stereocenters. The molecule has 6 N–H and O–H groups in total. The van der Waals surface area contributed by atoms with Crippen LogP contribution in [-0.2, 0) is 16.1 Å². The molecular formula is C19H29ClN6O3. The number of hydrogen-bond donors (Lipinski definition) is 4. The number of hydrogen-bond acceptors (Lipinski definition) is 6. The largest absolute Gasteiger partial charge is 0.383 e. The van der Waals surface area contributed by atoms with Gasteiger partial charge in [-0.2, -0.15) is 5.10 Å². The first-order valence-electron chi connectivity index (χ1n) is 9.38. The van der Waals surface area contributed by atoms with Crippen molar-refractivity contribution in [3.8, 4) is 0 Å². The molecule has 1 aromatic rings. The fraction of sp³-hybridized carbons (Fsp3) is 0.526. The van der Waals surface area contributed by atoms with Gasteiger partial charge < -0.3 is 21.2 Å². The second kappa shape index (κ2) is 9.43. The van der Waals surface area contributed by atoms with Gasteiger partial charge in [-0.05, 0) is 42.0 Å². The lowest BCUT2D eigenvalue weighted by Crippen LogP contribution is -2.51. The number of likely N-dealkylation sites (tertiary alicyclic amines) is 1. The summed E-state index contributed by atoms with van der Waals surface area (Å²) in [6.07, 6.45) is 1.31. The third-order valence-corrected chi connectivity index (χ3v) is 5.09. The van der Waals surface area contributed by atoms with Gasteiger partial charge in [-0.15, -0.1) is 0 Å². The quantitative estimate of drug-likeness (QED) is 0.232. The molecule has 2 amide bonds. The molecule has 1 fully saturated rings. The Bertz CT molecular complexity index is 780. The van der Waals surface area contributed by atoms with Crippen molar-refractivity contribution in [2.24, 2.45) is 22.2 Å². The van der Waals surface area contributed by atoms with Gasteiger partial charge in [0, 0.05) is 18.1 Å². The van der Waals surface area contributed by atoms with Crippen molar-refractivity contribution < 1.29 is 14.7 Å². The van der Waals surface area contributed by atoms with Crippen LogP contribution in [0.5, 0.6) is 0 Å². The Kier molecular flexibility index (Phi) is 7.45. The summed E-state index contributed by atoms with van der Waals surface area (Å²) >= 11 is 6.07. The molecule has 0 spiro atoms. The van der Waals surface area contributed by atoms with E-state index in [0.29, 0.717) is 35.7 Å². The summed E-state index contributed by atoms with van der Waals surface area (Å²) in [4.78, 5) is 26.9. The van der Waals surface area contributed by atoms with Crippen LogP contribution in [0.15, 0.2) is 23.3 Å². The van der Waals surface area contributed by atoms with Crippen LogP contribution < -0.4 is 22.0 Å². The number of nitrogens with zero attached hydrogens (tertiary/aromatic N) is 3. The summed E-state index contributed by atoms with van der Waals surface area (Å²) in [5.41, 5.74) is 0.635. The smallest absolute Gasteiger partial charge is 0.252 e. The molecule has 160 valence electrons. The highest BCUT2D eigenvalue weighted by Gasteiger charge is 2.40. The Morgan fingerprint density at radius 3 is 2.79 bits per heavy atom. The number of aliphatic hydroxyl groups is 1. The molecule has 1 aliphatic heterocycles. The number of hydrazine groups is 1. The van der Waals surface area contributed by atoms with Crippen LogP contribution in [0, 0.1) is 5.41 Å². The zero-order chi connectivity index (χ0) is 21.8. The summed E-state index contributed by atoms with van der Waals surface area (Å²) in [6.45, 7) is 5.94. The van der Waals surface area contributed by atoms with Crippen molar-refractivity contribution in [3.63, 3.8) is 0 Å². The summed E-state index contributed by atoms with van der Waals surface area (Å²) in [7, 11) is 0.